The fraction of sp³-hybridized carbons (Fsp3) is 0.667. The molecule has 0 aromatic heterocycles. The first-order chi connectivity index (χ1) is 4.91. The predicted molar refractivity (Wildman–Crippen MR) is 54.4 cm³/mol. The quantitative estimate of drug-likeness (QED) is 0.525. The summed E-state index contributed by atoms with van der Waals surface area (Å²) in [5, 5.41) is 0. The van der Waals surface area contributed by atoms with Gasteiger partial charge in [0.2, 0.25) is 0 Å². The third kappa shape index (κ3) is 2.79. The molecular formula is C6H13N3P2. The molecule has 0 aromatic carbocycles. The Labute approximate surface area is 67.9 Å². The van der Waals surface area contributed by atoms with Gasteiger partial charge in [0.05, 0.1) is 20.6 Å². The summed E-state index contributed by atoms with van der Waals surface area (Å²) in [7, 11) is -2.85. The molecule has 3 nitrogen and oxygen atoms in total. The standard InChI is InChI=1S/C6H13N3P2/c1-10(2)7-5-6-8-11(3,4)9-10/h5H,1-4H3. The van der Waals surface area contributed by atoms with Crippen molar-refractivity contribution in [3.63, 3.8) is 0 Å². The Morgan fingerprint density at radius 1 is 1.09 bits per heavy atom. The maximum absolute atomic E-state index is 4.64. The second kappa shape index (κ2) is 2.75. The van der Waals surface area contributed by atoms with Gasteiger partial charge in [0.25, 0.3) is 0 Å². The average Bonchev–Trinajstić information content (AvgIpc) is 1.86. The second-order valence-electron chi connectivity index (χ2n) is 3.24. The third-order valence-corrected chi connectivity index (χ3v) is 5.93. The monoisotopic (exact) mass is 189 g/mol. The Bertz CT molecular complexity index is 322. The first kappa shape index (κ1) is 9.00. The van der Waals surface area contributed by atoms with Crippen LogP contribution in [-0.4, -0.2) is 32.5 Å². The van der Waals surface area contributed by atoms with Crippen LogP contribution in [0.25, 0.3) is 0 Å². The summed E-state index contributed by atoms with van der Waals surface area (Å²) in [5.41, 5.74) is 0. The topological polar surface area (TPSA) is 37.1 Å². The van der Waals surface area contributed by atoms with Crippen molar-refractivity contribution in [2.45, 2.75) is 0 Å². The average molecular weight is 189 g/mol. The number of hydrogen-bond acceptors (Lipinski definition) is 3. The van der Waals surface area contributed by atoms with Crippen LogP contribution in [0.15, 0.2) is 20.2 Å². The van der Waals surface area contributed by atoms with E-state index in [1.807, 2.05) is 0 Å². The SMILES string of the molecule is CP1(C)=NC=C=NP(C)(C)=N1. The third-order valence-electron chi connectivity index (χ3n) is 1.14. The summed E-state index contributed by atoms with van der Waals surface area (Å²) in [6.45, 7) is 8.34. The largest absolute Gasteiger partial charge is 0.243 e. The van der Waals surface area contributed by atoms with Crippen molar-refractivity contribution >= 4 is 20.3 Å². The van der Waals surface area contributed by atoms with E-state index >= 15 is 0 Å². The van der Waals surface area contributed by atoms with E-state index < -0.39 is 14.4 Å². The molecule has 1 aliphatic rings. The molecule has 0 aromatic rings. The van der Waals surface area contributed by atoms with Gasteiger partial charge in [-0.25, -0.2) is 14.0 Å². The predicted octanol–water partition coefficient (Wildman–Crippen LogP) is 2.94. The van der Waals surface area contributed by atoms with Crippen molar-refractivity contribution in [3.05, 3.63) is 6.20 Å². The van der Waals surface area contributed by atoms with E-state index in [0.717, 1.165) is 0 Å². The number of rotatable bonds is 0. The highest BCUT2D eigenvalue weighted by Crippen LogP contribution is 2.57. The van der Waals surface area contributed by atoms with Crippen LogP contribution in [0.4, 0.5) is 0 Å². The second-order valence-corrected chi connectivity index (χ2v) is 9.73. The van der Waals surface area contributed by atoms with E-state index in [1.54, 1.807) is 6.20 Å². The fourth-order valence-electron chi connectivity index (χ4n) is 0.913. The lowest BCUT2D eigenvalue weighted by molar-refractivity contribution is 1.62. The van der Waals surface area contributed by atoms with Crippen molar-refractivity contribution in [2.75, 3.05) is 26.7 Å². The van der Waals surface area contributed by atoms with Crippen LogP contribution >= 0.6 is 14.4 Å². The molecular weight excluding hydrogens is 176 g/mol. The normalized spacial score (nSPS) is 25.1. The van der Waals surface area contributed by atoms with Gasteiger partial charge in [-0.15, -0.1) is 0 Å². The maximum atomic E-state index is 4.64. The first-order valence-electron chi connectivity index (χ1n) is 3.36. The molecule has 0 amide bonds. The van der Waals surface area contributed by atoms with Gasteiger partial charge < -0.3 is 0 Å². The Kier molecular flexibility index (Phi) is 2.25. The van der Waals surface area contributed by atoms with Gasteiger partial charge in [0.1, 0.15) is 0 Å². The van der Waals surface area contributed by atoms with Gasteiger partial charge in [-0.2, -0.15) is 0 Å². The lowest BCUT2D eigenvalue weighted by Gasteiger charge is -2.11. The summed E-state index contributed by atoms with van der Waals surface area (Å²) >= 11 is 0. The van der Waals surface area contributed by atoms with Crippen molar-refractivity contribution < 1.29 is 0 Å². The van der Waals surface area contributed by atoms with Crippen LogP contribution in [0.1, 0.15) is 0 Å². The molecule has 0 atom stereocenters. The Hall–Kier alpha value is -0.0900. The minimum atomic E-state index is -1.44. The first-order valence-corrected chi connectivity index (χ1v) is 8.54. The molecule has 0 saturated carbocycles. The highest BCUT2D eigenvalue weighted by molar-refractivity contribution is 7.75. The molecule has 1 heterocycles. The van der Waals surface area contributed by atoms with Gasteiger partial charge in [-0.3, -0.25) is 0 Å². The highest BCUT2D eigenvalue weighted by Gasteiger charge is 2.09. The molecule has 1 rings (SSSR count). The zero-order valence-electron chi connectivity index (χ0n) is 7.31. The van der Waals surface area contributed by atoms with Gasteiger partial charge in [0, 0.05) is 5.87 Å². The number of hydrogen-bond donors (Lipinski definition) is 0. The van der Waals surface area contributed by atoms with E-state index in [-0.39, 0.29) is 0 Å². The van der Waals surface area contributed by atoms with Crippen molar-refractivity contribution in [1.29, 1.82) is 0 Å². The summed E-state index contributed by atoms with van der Waals surface area (Å²) in [4.78, 5) is 0. The van der Waals surface area contributed by atoms with E-state index in [0.29, 0.717) is 0 Å². The minimum absolute atomic E-state index is 1.41. The van der Waals surface area contributed by atoms with E-state index in [4.69, 9.17) is 0 Å². The molecule has 1 aliphatic heterocycles. The summed E-state index contributed by atoms with van der Waals surface area (Å²) in [6.07, 6.45) is 1.66. The van der Waals surface area contributed by atoms with Crippen molar-refractivity contribution in [3.8, 4) is 0 Å². The van der Waals surface area contributed by atoms with Crippen LogP contribution < -0.4 is 0 Å². The minimum Gasteiger partial charge on any atom is -0.243 e. The van der Waals surface area contributed by atoms with Crippen LogP contribution in [0.3, 0.4) is 0 Å². The van der Waals surface area contributed by atoms with E-state index in [2.05, 4.69) is 46.6 Å². The van der Waals surface area contributed by atoms with Crippen LogP contribution in [0.2, 0.25) is 0 Å². The van der Waals surface area contributed by atoms with E-state index in [9.17, 15) is 0 Å². The maximum Gasteiger partial charge on any atom is 0.0887 e. The zero-order valence-corrected chi connectivity index (χ0v) is 9.10. The lowest BCUT2D eigenvalue weighted by atomic mass is 11.0. The number of nitrogens with zero attached hydrogens (tertiary/aromatic N) is 3. The van der Waals surface area contributed by atoms with Gasteiger partial charge in [0.15, 0.2) is 0 Å². The fourth-order valence-corrected chi connectivity index (χ4v) is 6.21. The van der Waals surface area contributed by atoms with Crippen LogP contribution in [0, 0.1) is 0 Å². The Balaban J connectivity index is 3.32. The van der Waals surface area contributed by atoms with Crippen molar-refractivity contribution in [2.24, 2.45) is 14.0 Å². The molecule has 11 heavy (non-hydrogen) atoms. The molecule has 0 aliphatic carbocycles. The van der Waals surface area contributed by atoms with E-state index in [1.165, 1.54) is 0 Å². The highest BCUT2D eigenvalue weighted by atomic mass is 31.2. The van der Waals surface area contributed by atoms with Crippen LogP contribution in [-0.2, 0) is 0 Å². The summed E-state index contributed by atoms with van der Waals surface area (Å²) in [6, 6.07) is 0. The molecule has 0 spiro atoms. The zero-order chi connectivity index (χ0) is 8.54. The van der Waals surface area contributed by atoms with Gasteiger partial charge in [-0.1, -0.05) is 0 Å². The molecule has 0 unspecified atom stereocenters. The smallest absolute Gasteiger partial charge is 0.0887 e. The molecule has 5 heteroatoms. The van der Waals surface area contributed by atoms with Gasteiger partial charge in [-0.05, 0) is 26.7 Å². The molecule has 0 radical (unpaired) electrons. The molecule has 0 fully saturated rings. The van der Waals surface area contributed by atoms with Crippen LogP contribution in [0.5, 0.6) is 0 Å². The lowest BCUT2D eigenvalue weighted by Crippen LogP contribution is -1.71. The molecule has 0 bridgehead atoms. The molecule has 0 N–H and O–H groups in total. The van der Waals surface area contributed by atoms with Crippen molar-refractivity contribution in [1.82, 2.24) is 0 Å². The molecule has 0 saturated heterocycles. The summed E-state index contributed by atoms with van der Waals surface area (Å²) in [5.74, 6) is 2.81. The Morgan fingerprint density at radius 3 is 2.36 bits per heavy atom. The summed E-state index contributed by atoms with van der Waals surface area (Å²) < 4.78 is 13.2. The molecule has 62 valence electrons. The van der Waals surface area contributed by atoms with Gasteiger partial charge >= 0.3 is 0 Å². The Morgan fingerprint density at radius 2 is 1.73 bits per heavy atom.